The number of ether oxygens (including phenoxy) is 4. The maximum atomic E-state index is 15.9. The summed E-state index contributed by atoms with van der Waals surface area (Å²) in [6.07, 6.45) is 0. The molecule has 0 atom stereocenters. The van der Waals surface area contributed by atoms with Crippen molar-refractivity contribution in [2.24, 2.45) is 10.7 Å². The Kier molecular flexibility index (Phi) is 8.56. The lowest BCUT2D eigenvalue weighted by Crippen LogP contribution is -2.23. The number of likely N-dealkylation sites (N-methyl/N-ethyl adjacent to an activating group) is 1. The van der Waals surface area contributed by atoms with Crippen molar-refractivity contribution in [2.45, 2.75) is 6.92 Å². The van der Waals surface area contributed by atoms with Crippen LogP contribution in [0.5, 0.6) is 40.5 Å². The number of nitrogens with two attached hydrogens (primary N) is 1. The first-order valence-corrected chi connectivity index (χ1v) is 13.4. The van der Waals surface area contributed by atoms with E-state index in [9.17, 15) is 9.90 Å². The van der Waals surface area contributed by atoms with E-state index in [-0.39, 0.29) is 40.8 Å². The number of amidine groups is 2. The Bertz CT molecular complexity index is 1780. The topological polar surface area (TPSA) is 153 Å². The van der Waals surface area contributed by atoms with E-state index in [1.807, 2.05) is 18.0 Å². The van der Waals surface area contributed by atoms with Gasteiger partial charge < -0.3 is 34.7 Å². The number of aromatic nitrogens is 1. The first kappa shape index (κ1) is 29.8. The van der Waals surface area contributed by atoms with Gasteiger partial charge in [0, 0.05) is 24.7 Å². The Labute approximate surface area is 250 Å². The van der Waals surface area contributed by atoms with E-state index in [2.05, 4.69) is 9.98 Å². The molecule has 1 aliphatic heterocycles. The van der Waals surface area contributed by atoms with Gasteiger partial charge in [-0.25, -0.2) is 4.79 Å². The van der Waals surface area contributed by atoms with Gasteiger partial charge in [0.2, 0.25) is 17.4 Å². The van der Waals surface area contributed by atoms with Crippen LogP contribution in [0.3, 0.4) is 0 Å². The number of benzene rings is 3. The highest BCUT2D eigenvalue weighted by Crippen LogP contribution is 2.41. The predicted octanol–water partition coefficient (Wildman–Crippen LogP) is 5.60. The lowest BCUT2D eigenvalue weighted by Gasteiger charge is -2.16. The third kappa shape index (κ3) is 6.36. The Morgan fingerprint density at radius 1 is 0.977 bits per heavy atom. The third-order valence-corrected chi connectivity index (χ3v) is 6.39. The van der Waals surface area contributed by atoms with Crippen LogP contribution in [0.4, 0.5) is 8.78 Å². The number of aliphatic imine (C=N–C) groups is 1. The van der Waals surface area contributed by atoms with Crippen molar-refractivity contribution in [2.75, 3.05) is 26.7 Å². The molecule has 4 N–H and O–H groups in total. The molecule has 11 nitrogen and oxygen atoms in total. The van der Waals surface area contributed by atoms with Crippen LogP contribution in [0.15, 0.2) is 71.7 Å². The van der Waals surface area contributed by atoms with E-state index in [4.69, 9.17) is 30.1 Å². The highest BCUT2D eigenvalue weighted by Gasteiger charge is 2.27. The molecule has 5 rings (SSSR count). The van der Waals surface area contributed by atoms with Crippen molar-refractivity contribution in [3.63, 3.8) is 0 Å². The Hall–Kier alpha value is -5.72. The van der Waals surface area contributed by atoms with Crippen LogP contribution >= 0.6 is 0 Å². The quantitative estimate of drug-likeness (QED) is 0.120. The van der Waals surface area contributed by atoms with Gasteiger partial charge in [-0.1, -0.05) is 18.2 Å². The molecule has 1 aromatic heterocycles. The molecule has 0 amide bonds. The summed E-state index contributed by atoms with van der Waals surface area (Å²) < 4.78 is 53.6. The van der Waals surface area contributed by atoms with Gasteiger partial charge in [-0.05, 0) is 55.5 Å². The number of nitrogens with one attached hydrogen (secondary N) is 1. The van der Waals surface area contributed by atoms with Gasteiger partial charge >= 0.3 is 5.97 Å². The highest BCUT2D eigenvalue weighted by molar-refractivity contribution is 6.00. The molecule has 0 unspecified atom stereocenters. The van der Waals surface area contributed by atoms with E-state index in [1.54, 1.807) is 25.1 Å². The fourth-order valence-corrected chi connectivity index (χ4v) is 4.25. The molecule has 0 aliphatic carbocycles. The predicted molar refractivity (Wildman–Crippen MR) is 156 cm³/mol. The van der Waals surface area contributed by atoms with Crippen LogP contribution in [0, 0.1) is 17.0 Å². The first-order valence-electron chi connectivity index (χ1n) is 13.4. The van der Waals surface area contributed by atoms with Crippen molar-refractivity contribution in [1.82, 2.24) is 9.88 Å². The number of rotatable bonds is 10. The van der Waals surface area contributed by atoms with E-state index in [1.165, 1.54) is 42.5 Å². The average Bonchev–Trinajstić information content (AvgIpc) is 3.44. The van der Waals surface area contributed by atoms with Gasteiger partial charge in [-0.2, -0.15) is 13.8 Å². The Morgan fingerprint density at radius 2 is 1.68 bits per heavy atom. The van der Waals surface area contributed by atoms with Gasteiger partial charge in [0.25, 0.3) is 11.8 Å². The lowest BCUT2D eigenvalue weighted by molar-refractivity contribution is 0.0526. The summed E-state index contributed by atoms with van der Waals surface area (Å²) in [4.78, 5) is 22.6. The molecule has 226 valence electrons. The molecular formula is C31H27F2N5O6. The van der Waals surface area contributed by atoms with E-state index in [0.29, 0.717) is 12.1 Å². The minimum Gasteiger partial charge on any atom is -0.504 e. The molecule has 44 heavy (non-hydrogen) atoms. The van der Waals surface area contributed by atoms with Crippen molar-refractivity contribution < 1.29 is 37.6 Å². The minimum absolute atomic E-state index is 0.0924. The smallest absolute Gasteiger partial charge is 0.338 e. The first-order chi connectivity index (χ1) is 21.1. The van der Waals surface area contributed by atoms with Crippen LogP contribution in [0.2, 0.25) is 0 Å². The van der Waals surface area contributed by atoms with E-state index >= 15 is 8.78 Å². The molecule has 2 heterocycles. The summed E-state index contributed by atoms with van der Waals surface area (Å²) in [5.74, 6) is -6.12. The normalized spacial score (nSPS) is 12.5. The molecule has 0 saturated heterocycles. The summed E-state index contributed by atoms with van der Waals surface area (Å²) in [6, 6.07) is 15.9. The lowest BCUT2D eigenvalue weighted by atomic mass is 10.2. The summed E-state index contributed by atoms with van der Waals surface area (Å²) in [7, 11) is 1.89. The van der Waals surface area contributed by atoms with Gasteiger partial charge in [0.15, 0.2) is 11.5 Å². The average molecular weight is 604 g/mol. The molecule has 0 fully saturated rings. The Morgan fingerprint density at radius 3 is 2.36 bits per heavy atom. The van der Waals surface area contributed by atoms with Crippen molar-refractivity contribution >= 4 is 17.6 Å². The second kappa shape index (κ2) is 12.7. The van der Waals surface area contributed by atoms with Crippen molar-refractivity contribution in [1.29, 1.82) is 5.41 Å². The SMILES string of the molecule is CCOC(=O)c1cccc(Oc2c(F)c(Oc3cccc(C4=NCCN4C)c3)nc(Oc3cc(C(=N)N)ccc3O)c2F)c1. The van der Waals surface area contributed by atoms with Crippen LogP contribution in [-0.4, -0.2) is 59.4 Å². The molecule has 0 spiro atoms. The molecule has 13 heteroatoms. The maximum Gasteiger partial charge on any atom is 0.338 e. The maximum absolute atomic E-state index is 15.9. The number of hydrogen-bond acceptors (Lipinski definition) is 10. The monoisotopic (exact) mass is 603 g/mol. The number of nitrogens with zero attached hydrogens (tertiary/aromatic N) is 3. The third-order valence-electron chi connectivity index (χ3n) is 6.39. The van der Waals surface area contributed by atoms with Crippen LogP contribution < -0.4 is 19.9 Å². The molecular weight excluding hydrogens is 576 g/mol. The zero-order valence-electron chi connectivity index (χ0n) is 23.6. The van der Waals surface area contributed by atoms with Crippen molar-refractivity contribution in [3.05, 3.63) is 95.1 Å². The summed E-state index contributed by atoms with van der Waals surface area (Å²) in [5, 5.41) is 18.0. The number of aromatic hydroxyl groups is 1. The number of carbonyl (C=O) groups excluding carboxylic acids is 1. The van der Waals surface area contributed by atoms with Gasteiger partial charge in [0.05, 0.1) is 18.7 Å². The van der Waals surface area contributed by atoms with Gasteiger partial charge in [0.1, 0.15) is 23.2 Å². The largest absolute Gasteiger partial charge is 0.504 e. The molecule has 4 aromatic rings. The number of halogens is 2. The second-order valence-electron chi connectivity index (χ2n) is 9.48. The number of hydrogen-bond donors (Lipinski definition) is 3. The standard InChI is InChI=1S/C31H27F2N5O6/c1-3-41-31(40)19-7-5-8-20(15-19)42-26-24(32)29(43-21-9-4-6-18(14-21)28-36-12-13-38(28)2)37-30(25(26)33)44-23-16-17(27(34)35)10-11-22(23)39/h4-11,14-16,39H,3,12-13H2,1-2H3,(H3,34,35). The number of nitrogen functional groups attached to an aromatic ring is 1. The van der Waals surface area contributed by atoms with Crippen molar-refractivity contribution in [3.8, 4) is 40.5 Å². The van der Waals surface area contributed by atoms with Crippen LogP contribution in [-0.2, 0) is 4.74 Å². The highest BCUT2D eigenvalue weighted by atomic mass is 19.1. The summed E-state index contributed by atoms with van der Waals surface area (Å²) in [5.41, 5.74) is 6.50. The molecule has 0 radical (unpaired) electrons. The number of esters is 1. The summed E-state index contributed by atoms with van der Waals surface area (Å²) in [6.45, 7) is 3.13. The van der Waals surface area contributed by atoms with E-state index in [0.717, 1.165) is 12.4 Å². The number of pyridine rings is 1. The Balaban J connectivity index is 1.57. The molecule has 0 saturated carbocycles. The number of phenols is 1. The summed E-state index contributed by atoms with van der Waals surface area (Å²) >= 11 is 0. The molecule has 0 bridgehead atoms. The van der Waals surface area contributed by atoms with Gasteiger partial charge in [-0.15, -0.1) is 0 Å². The van der Waals surface area contributed by atoms with Crippen LogP contribution in [0.25, 0.3) is 0 Å². The molecule has 1 aliphatic rings. The molecule has 3 aromatic carbocycles. The number of carbonyl (C=O) groups is 1. The minimum atomic E-state index is -1.38. The van der Waals surface area contributed by atoms with Crippen LogP contribution in [0.1, 0.15) is 28.4 Å². The number of phenolic OH excluding ortho intramolecular Hbond substituents is 1. The zero-order chi connectivity index (χ0) is 31.4. The fraction of sp³-hybridized carbons (Fsp3) is 0.161. The fourth-order valence-electron chi connectivity index (χ4n) is 4.25. The zero-order valence-corrected chi connectivity index (χ0v) is 23.6. The second-order valence-corrected chi connectivity index (χ2v) is 9.48. The van der Waals surface area contributed by atoms with Gasteiger partial charge in [-0.3, -0.25) is 10.4 Å². The van der Waals surface area contributed by atoms with E-state index < -0.39 is 40.9 Å².